The highest BCUT2D eigenvalue weighted by atomic mass is 35.5. The molecule has 0 atom stereocenters. The van der Waals surface area contributed by atoms with Crippen LogP contribution in [0.15, 0.2) is 30.6 Å². The number of hydrogen-bond donors (Lipinski definition) is 1. The lowest BCUT2D eigenvalue weighted by molar-refractivity contribution is -0.384. The molecule has 7 nitrogen and oxygen atoms in total. The maximum Gasteiger partial charge on any atom is 0.288 e. The van der Waals surface area contributed by atoms with Gasteiger partial charge in [-0.1, -0.05) is 11.6 Å². The molecule has 0 saturated heterocycles. The number of aromatic nitrogens is 2. The summed E-state index contributed by atoms with van der Waals surface area (Å²) in [6.45, 7) is 3.92. The molecule has 8 heteroatoms. The normalized spacial score (nSPS) is 10.7. The van der Waals surface area contributed by atoms with E-state index >= 15 is 0 Å². The van der Waals surface area contributed by atoms with E-state index in [-0.39, 0.29) is 22.3 Å². The minimum Gasteiger partial charge on any atom is -0.319 e. The number of nitrogens with zero attached hydrogens (tertiary/aromatic N) is 3. The second kappa shape index (κ2) is 5.92. The van der Waals surface area contributed by atoms with Crippen LogP contribution in [0.2, 0.25) is 5.02 Å². The number of nitro benzene ring substituents is 1. The number of hydrogen-bond acceptors (Lipinski definition) is 4. The Morgan fingerprint density at radius 3 is 2.76 bits per heavy atom. The fourth-order valence-corrected chi connectivity index (χ4v) is 1.87. The molecular weight excluding hydrogens is 296 g/mol. The summed E-state index contributed by atoms with van der Waals surface area (Å²) in [7, 11) is 0. The highest BCUT2D eigenvalue weighted by molar-refractivity contribution is 6.32. The third-order valence-corrected chi connectivity index (χ3v) is 3.11. The summed E-state index contributed by atoms with van der Waals surface area (Å²) < 4.78 is 1.69. The molecule has 0 unspecified atom stereocenters. The molecule has 0 spiro atoms. The van der Waals surface area contributed by atoms with Gasteiger partial charge in [0.25, 0.3) is 11.6 Å². The predicted molar refractivity (Wildman–Crippen MR) is 78.7 cm³/mol. The summed E-state index contributed by atoms with van der Waals surface area (Å²) in [5.74, 6) is -0.460. The zero-order valence-electron chi connectivity index (χ0n) is 11.4. The molecule has 2 aromatic rings. The number of nitro groups is 1. The van der Waals surface area contributed by atoms with Crippen LogP contribution >= 0.6 is 11.6 Å². The van der Waals surface area contributed by atoms with Crippen molar-refractivity contribution in [1.82, 2.24) is 9.78 Å². The van der Waals surface area contributed by atoms with Gasteiger partial charge in [0.15, 0.2) is 0 Å². The van der Waals surface area contributed by atoms with Gasteiger partial charge in [0.1, 0.15) is 5.02 Å². The second-order valence-corrected chi connectivity index (χ2v) is 5.09. The first-order valence-corrected chi connectivity index (χ1v) is 6.55. The average molecular weight is 309 g/mol. The van der Waals surface area contributed by atoms with Gasteiger partial charge in [0.2, 0.25) is 0 Å². The number of carbonyl (C=O) groups excluding carboxylic acids is 1. The van der Waals surface area contributed by atoms with Gasteiger partial charge >= 0.3 is 0 Å². The van der Waals surface area contributed by atoms with Crippen LogP contribution in [0.1, 0.15) is 30.2 Å². The van der Waals surface area contributed by atoms with E-state index in [2.05, 4.69) is 10.4 Å². The molecule has 1 aromatic heterocycles. The molecular formula is C13H13ClN4O3. The average Bonchev–Trinajstić information content (AvgIpc) is 2.87. The minimum atomic E-state index is -0.629. The van der Waals surface area contributed by atoms with Crippen LogP contribution in [-0.4, -0.2) is 20.6 Å². The maximum absolute atomic E-state index is 12.1. The monoisotopic (exact) mass is 308 g/mol. The lowest BCUT2D eigenvalue weighted by atomic mass is 10.2. The summed E-state index contributed by atoms with van der Waals surface area (Å²) in [5.41, 5.74) is 0.372. The zero-order chi connectivity index (χ0) is 15.6. The number of rotatable bonds is 4. The number of anilines is 1. The zero-order valence-corrected chi connectivity index (χ0v) is 12.2. The Balaban J connectivity index is 2.20. The third-order valence-electron chi connectivity index (χ3n) is 2.79. The van der Waals surface area contributed by atoms with E-state index in [1.807, 2.05) is 13.8 Å². The quantitative estimate of drug-likeness (QED) is 0.693. The maximum atomic E-state index is 12.1. The van der Waals surface area contributed by atoms with E-state index in [1.54, 1.807) is 10.9 Å². The van der Waals surface area contributed by atoms with Crippen LogP contribution in [-0.2, 0) is 0 Å². The van der Waals surface area contributed by atoms with Gasteiger partial charge in [-0.05, 0) is 26.0 Å². The lowest BCUT2D eigenvalue weighted by Gasteiger charge is -2.04. The van der Waals surface area contributed by atoms with Crippen LogP contribution in [0.25, 0.3) is 0 Å². The molecule has 0 fully saturated rings. The topological polar surface area (TPSA) is 90.1 Å². The van der Waals surface area contributed by atoms with Crippen molar-refractivity contribution < 1.29 is 9.72 Å². The molecule has 1 N–H and O–H groups in total. The van der Waals surface area contributed by atoms with Crippen molar-refractivity contribution in [3.8, 4) is 0 Å². The molecule has 0 saturated carbocycles. The van der Waals surface area contributed by atoms with Crippen molar-refractivity contribution in [2.24, 2.45) is 0 Å². The van der Waals surface area contributed by atoms with Gasteiger partial charge in [-0.15, -0.1) is 0 Å². The summed E-state index contributed by atoms with van der Waals surface area (Å²) >= 11 is 5.71. The molecule has 110 valence electrons. The molecule has 0 aliphatic carbocycles. The first-order valence-electron chi connectivity index (χ1n) is 6.18. The van der Waals surface area contributed by atoms with Gasteiger partial charge in [-0.3, -0.25) is 19.6 Å². The first kappa shape index (κ1) is 15.0. The number of benzene rings is 1. The SMILES string of the molecule is CC(C)n1cc(NC(=O)c2ccc(Cl)c([N+](=O)[O-])c2)cn1. The van der Waals surface area contributed by atoms with Gasteiger partial charge < -0.3 is 5.32 Å². The van der Waals surface area contributed by atoms with Crippen molar-refractivity contribution in [2.45, 2.75) is 19.9 Å². The molecule has 0 aliphatic rings. The predicted octanol–water partition coefficient (Wildman–Crippen LogP) is 3.28. The molecule has 2 rings (SSSR count). The lowest BCUT2D eigenvalue weighted by Crippen LogP contribution is -2.11. The van der Waals surface area contributed by atoms with Crippen LogP contribution in [0.3, 0.4) is 0 Å². The molecule has 21 heavy (non-hydrogen) atoms. The van der Waals surface area contributed by atoms with Crippen molar-refractivity contribution in [2.75, 3.05) is 5.32 Å². The molecule has 1 aromatic carbocycles. The first-order chi connectivity index (χ1) is 9.88. The molecule has 1 amide bonds. The minimum absolute atomic E-state index is 0.0100. The van der Waals surface area contributed by atoms with Crippen LogP contribution in [0.5, 0.6) is 0 Å². The third kappa shape index (κ3) is 3.38. The summed E-state index contributed by atoms with van der Waals surface area (Å²) in [5, 5.41) is 17.5. The smallest absolute Gasteiger partial charge is 0.288 e. The van der Waals surface area contributed by atoms with E-state index in [0.717, 1.165) is 6.07 Å². The highest BCUT2D eigenvalue weighted by Crippen LogP contribution is 2.25. The molecule has 0 radical (unpaired) electrons. The Morgan fingerprint density at radius 1 is 1.48 bits per heavy atom. The van der Waals surface area contributed by atoms with E-state index < -0.39 is 10.8 Å². The van der Waals surface area contributed by atoms with Crippen LogP contribution < -0.4 is 5.32 Å². The second-order valence-electron chi connectivity index (χ2n) is 4.68. The Hall–Kier alpha value is -2.41. The standard InChI is InChI=1S/C13H13ClN4O3/c1-8(2)17-7-10(6-15-17)16-13(19)9-3-4-11(14)12(5-9)18(20)21/h3-8H,1-2H3,(H,16,19). The number of halogens is 1. The van der Waals surface area contributed by atoms with E-state index in [4.69, 9.17) is 11.6 Å². The largest absolute Gasteiger partial charge is 0.319 e. The Bertz CT molecular complexity index is 696. The molecule has 1 heterocycles. The van der Waals surface area contributed by atoms with E-state index in [1.165, 1.54) is 18.3 Å². The van der Waals surface area contributed by atoms with Crippen molar-refractivity contribution >= 4 is 28.9 Å². The van der Waals surface area contributed by atoms with Gasteiger partial charge in [0.05, 0.1) is 16.8 Å². The number of carbonyl (C=O) groups is 1. The fraction of sp³-hybridized carbons (Fsp3) is 0.231. The van der Waals surface area contributed by atoms with Gasteiger partial charge in [-0.2, -0.15) is 5.10 Å². The summed E-state index contributed by atoms with van der Waals surface area (Å²) in [4.78, 5) is 22.2. The van der Waals surface area contributed by atoms with Crippen molar-refractivity contribution in [3.05, 3.63) is 51.3 Å². The number of nitrogens with one attached hydrogen (secondary N) is 1. The van der Waals surface area contributed by atoms with Gasteiger partial charge in [0, 0.05) is 23.9 Å². The van der Waals surface area contributed by atoms with Crippen molar-refractivity contribution in [3.63, 3.8) is 0 Å². The Kier molecular flexibility index (Phi) is 4.23. The summed E-state index contributed by atoms with van der Waals surface area (Å²) in [6.07, 6.45) is 3.20. The molecule has 0 bridgehead atoms. The van der Waals surface area contributed by atoms with Crippen LogP contribution in [0.4, 0.5) is 11.4 Å². The van der Waals surface area contributed by atoms with Gasteiger partial charge in [-0.25, -0.2) is 0 Å². The van der Waals surface area contributed by atoms with E-state index in [9.17, 15) is 14.9 Å². The molecule has 0 aliphatic heterocycles. The Morgan fingerprint density at radius 2 is 2.19 bits per heavy atom. The fourth-order valence-electron chi connectivity index (χ4n) is 1.68. The Labute approximate surface area is 125 Å². The van der Waals surface area contributed by atoms with Crippen LogP contribution in [0, 0.1) is 10.1 Å². The highest BCUT2D eigenvalue weighted by Gasteiger charge is 2.16. The number of amides is 1. The van der Waals surface area contributed by atoms with Crippen molar-refractivity contribution in [1.29, 1.82) is 0 Å². The van der Waals surface area contributed by atoms with E-state index in [0.29, 0.717) is 5.69 Å². The summed E-state index contributed by atoms with van der Waals surface area (Å²) in [6, 6.07) is 4.07.